The van der Waals surface area contributed by atoms with Crippen LogP contribution in [0.4, 0.5) is 4.39 Å². The van der Waals surface area contributed by atoms with Gasteiger partial charge in [-0.2, -0.15) is 0 Å². The number of guanidine groups is 1. The van der Waals surface area contributed by atoms with Gasteiger partial charge in [0.05, 0.1) is 6.26 Å². The first-order chi connectivity index (χ1) is 11.2. The van der Waals surface area contributed by atoms with Gasteiger partial charge in [-0.05, 0) is 18.2 Å². The number of carbonyl (C=O) groups excluding carboxylic acids is 1. The molecule has 1 amide bonds. The molecule has 0 atom stereocenters. The van der Waals surface area contributed by atoms with E-state index in [1.807, 2.05) is 0 Å². The number of halogens is 2. The highest BCUT2D eigenvalue weighted by molar-refractivity contribution is 14.0. The van der Waals surface area contributed by atoms with Gasteiger partial charge in [0.2, 0.25) is 0 Å². The van der Waals surface area contributed by atoms with Crippen molar-refractivity contribution in [2.24, 2.45) is 4.99 Å². The Labute approximate surface area is 156 Å². The Morgan fingerprint density at radius 2 is 1.88 bits per heavy atom. The van der Waals surface area contributed by atoms with Gasteiger partial charge in [-0.15, -0.1) is 24.0 Å². The van der Waals surface area contributed by atoms with E-state index in [0.717, 1.165) is 0 Å². The van der Waals surface area contributed by atoms with Gasteiger partial charge < -0.3 is 20.4 Å². The standard InChI is InChI=1S/C16H19FN4O2.HI/c1-18-16(21-11-12-5-2-3-6-13(12)17)20-9-8-19-15(22)14-7-4-10-23-14;/h2-7,10H,8-9,11H2,1H3,(H,19,22)(H2,18,20,21);1H. The minimum absolute atomic E-state index is 0. The van der Waals surface area contributed by atoms with Crippen LogP contribution in [-0.2, 0) is 6.54 Å². The fourth-order valence-corrected chi connectivity index (χ4v) is 1.89. The second kappa shape index (κ2) is 10.6. The molecule has 1 aromatic carbocycles. The van der Waals surface area contributed by atoms with Crippen LogP contribution >= 0.6 is 24.0 Å². The number of nitrogens with one attached hydrogen (secondary N) is 3. The number of carbonyl (C=O) groups is 1. The molecule has 0 aliphatic rings. The minimum Gasteiger partial charge on any atom is -0.459 e. The van der Waals surface area contributed by atoms with Crippen molar-refractivity contribution in [3.05, 3.63) is 59.8 Å². The first-order valence-electron chi connectivity index (χ1n) is 7.20. The predicted molar refractivity (Wildman–Crippen MR) is 101 cm³/mol. The third-order valence-electron chi connectivity index (χ3n) is 3.08. The minimum atomic E-state index is -0.272. The maximum absolute atomic E-state index is 13.5. The summed E-state index contributed by atoms with van der Waals surface area (Å²) in [6.45, 7) is 1.20. The lowest BCUT2D eigenvalue weighted by Crippen LogP contribution is -2.41. The molecule has 2 aromatic rings. The summed E-state index contributed by atoms with van der Waals surface area (Å²) < 4.78 is 18.5. The third kappa shape index (κ3) is 6.19. The van der Waals surface area contributed by atoms with E-state index >= 15 is 0 Å². The summed E-state index contributed by atoms with van der Waals surface area (Å²) in [6, 6.07) is 9.80. The lowest BCUT2D eigenvalue weighted by atomic mass is 10.2. The fourth-order valence-electron chi connectivity index (χ4n) is 1.89. The summed E-state index contributed by atoms with van der Waals surface area (Å²) in [4.78, 5) is 15.7. The lowest BCUT2D eigenvalue weighted by Gasteiger charge is -2.12. The Morgan fingerprint density at radius 1 is 1.12 bits per heavy atom. The molecule has 8 heteroatoms. The quantitative estimate of drug-likeness (QED) is 0.275. The highest BCUT2D eigenvalue weighted by Crippen LogP contribution is 2.05. The monoisotopic (exact) mass is 446 g/mol. The van der Waals surface area contributed by atoms with Crippen LogP contribution in [-0.4, -0.2) is 32.0 Å². The van der Waals surface area contributed by atoms with Crippen LogP contribution in [0.2, 0.25) is 0 Å². The largest absolute Gasteiger partial charge is 0.459 e. The van der Waals surface area contributed by atoms with Crippen LogP contribution in [0.25, 0.3) is 0 Å². The number of hydrogen-bond donors (Lipinski definition) is 3. The van der Waals surface area contributed by atoms with Crippen molar-refractivity contribution in [2.45, 2.75) is 6.54 Å². The summed E-state index contributed by atoms with van der Waals surface area (Å²) >= 11 is 0. The Hall–Kier alpha value is -2.10. The van der Waals surface area contributed by atoms with Gasteiger partial charge in [0, 0.05) is 32.2 Å². The molecule has 2 rings (SSSR count). The molecular formula is C16H20FIN4O2. The van der Waals surface area contributed by atoms with Gasteiger partial charge in [-0.1, -0.05) is 18.2 Å². The molecule has 0 unspecified atom stereocenters. The predicted octanol–water partition coefficient (Wildman–Crippen LogP) is 2.13. The normalized spacial score (nSPS) is 10.7. The summed E-state index contributed by atoms with van der Waals surface area (Å²) in [6.07, 6.45) is 1.45. The molecule has 0 spiro atoms. The molecular weight excluding hydrogens is 426 g/mol. The van der Waals surface area contributed by atoms with E-state index in [0.29, 0.717) is 31.2 Å². The zero-order chi connectivity index (χ0) is 16.5. The average molecular weight is 446 g/mol. The van der Waals surface area contributed by atoms with Crippen LogP contribution in [0.1, 0.15) is 16.1 Å². The molecule has 0 saturated heterocycles. The van der Waals surface area contributed by atoms with Gasteiger partial charge in [-0.25, -0.2) is 4.39 Å². The SMILES string of the molecule is CN=C(NCCNC(=O)c1ccco1)NCc1ccccc1F.I. The molecule has 24 heavy (non-hydrogen) atoms. The summed E-state index contributed by atoms with van der Waals surface area (Å²) in [5.74, 6) is 0.264. The van der Waals surface area contributed by atoms with E-state index in [4.69, 9.17) is 4.42 Å². The average Bonchev–Trinajstić information content (AvgIpc) is 3.10. The zero-order valence-electron chi connectivity index (χ0n) is 13.2. The zero-order valence-corrected chi connectivity index (χ0v) is 15.5. The lowest BCUT2D eigenvalue weighted by molar-refractivity contribution is 0.0926. The van der Waals surface area contributed by atoms with E-state index in [9.17, 15) is 9.18 Å². The Bertz CT molecular complexity index is 662. The first-order valence-corrected chi connectivity index (χ1v) is 7.20. The first kappa shape index (κ1) is 19.9. The molecule has 0 fully saturated rings. The number of benzene rings is 1. The Balaban J connectivity index is 0.00000288. The van der Waals surface area contributed by atoms with Crippen LogP contribution in [0.15, 0.2) is 52.1 Å². The molecule has 1 heterocycles. The molecule has 6 nitrogen and oxygen atoms in total. The Morgan fingerprint density at radius 3 is 2.54 bits per heavy atom. The summed E-state index contributed by atoms with van der Waals surface area (Å²) in [5, 5.41) is 8.75. The molecule has 0 saturated carbocycles. The molecule has 130 valence electrons. The van der Waals surface area contributed by atoms with Crippen molar-refractivity contribution >= 4 is 35.8 Å². The van der Waals surface area contributed by atoms with Crippen LogP contribution < -0.4 is 16.0 Å². The smallest absolute Gasteiger partial charge is 0.287 e. The van der Waals surface area contributed by atoms with E-state index in [2.05, 4.69) is 20.9 Å². The van der Waals surface area contributed by atoms with E-state index in [1.54, 1.807) is 37.4 Å². The third-order valence-corrected chi connectivity index (χ3v) is 3.08. The van der Waals surface area contributed by atoms with Gasteiger partial charge in [0.1, 0.15) is 5.82 Å². The topological polar surface area (TPSA) is 78.7 Å². The molecule has 1 aromatic heterocycles. The van der Waals surface area contributed by atoms with Crippen molar-refractivity contribution in [1.82, 2.24) is 16.0 Å². The maximum atomic E-state index is 13.5. The van der Waals surface area contributed by atoms with Crippen LogP contribution in [0.3, 0.4) is 0 Å². The van der Waals surface area contributed by atoms with Gasteiger partial charge >= 0.3 is 0 Å². The summed E-state index contributed by atoms with van der Waals surface area (Å²) in [5.41, 5.74) is 0.557. The van der Waals surface area contributed by atoms with Crippen molar-refractivity contribution in [2.75, 3.05) is 20.1 Å². The van der Waals surface area contributed by atoms with Crippen molar-refractivity contribution in [1.29, 1.82) is 0 Å². The number of nitrogens with zero attached hydrogens (tertiary/aromatic N) is 1. The van der Waals surface area contributed by atoms with Gasteiger partial charge in [0.15, 0.2) is 11.7 Å². The van der Waals surface area contributed by atoms with Crippen molar-refractivity contribution in [3.8, 4) is 0 Å². The van der Waals surface area contributed by atoms with Gasteiger partial charge in [-0.3, -0.25) is 9.79 Å². The van der Waals surface area contributed by atoms with E-state index < -0.39 is 0 Å². The molecule has 0 aliphatic heterocycles. The molecule has 3 N–H and O–H groups in total. The number of rotatable bonds is 6. The van der Waals surface area contributed by atoms with Crippen LogP contribution in [0, 0.1) is 5.82 Å². The van der Waals surface area contributed by atoms with E-state index in [-0.39, 0.29) is 41.5 Å². The molecule has 0 bridgehead atoms. The highest BCUT2D eigenvalue weighted by atomic mass is 127. The number of hydrogen-bond acceptors (Lipinski definition) is 3. The van der Waals surface area contributed by atoms with E-state index in [1.165, 1.54) is 12.3 Å². The Kier molecular flexibility index (Phi) is 8.84. The number of aliphatic imine (C=N–C) groups is 1. The molecule has 0 aliphatic carbocycles. The highest BCUT2D eigenvalue weighted by Gasteiger charge is 2.07. The van der Waals surface area contributed by atoms with Crippen LogP contribution in [0.5, 0.6) is 0 Å². The second-order valence-corrected chi connectivity index (χ2v) is 4.68. The van der Waals surface area contributed by atoms with Crippen molar-refractivity contribution < 1.29 is 13.6 Å². The second-order valence-electron chi connectivity index (χ2n) is 4.68. The number of amides is 1. The van der Waals surface area contributed by atoms with Gasteiger partial charge in [0.25, 0.3) is 5.91 Å². The maximum Gasteiger partial charge on any atom is 0.287 e. The molecule has 0 radical (unpaired) electrons. The summed E-state index contributed by atoms with van der Waals surface area (Å²) in [7, 11) is 1.62. The number of furan rings is 1. The van der Waals surface area contributed by atoms with Crippen molar-refractivity contribution in [3.63, 3.8) is 0 Å². The fraction of sp³-hybridized carbons (Fsp3) is 0.250.